The van der Waals surface area contributed by atoms with Gasteiger partial charge in [-0.25, -0.2) is 0 Å². The standard InChI is InChI=1S/C19H32O9.C2H4O2/c1-5-6-7-8-9-10-11-25-19(23)16(12-24-13(2)20)28-18(27-15(4)22)17(19)26-14(3)21;1-2(3)4/h16-18,23H,5-12H2,1-4H3;1H3,(H,3,4)/t16-,17+,18?,19+;/m1./s1. The zero-order valence-electron chi connectivity index (χ0n) is 19.5. The minimum Gasteiger partial charge on any atom is -0.481 e. The summed E-state index contributed by atoms with van der Waals surface area (Å²) in [6.45, 7) is 6.56. The van der Waals surface area contributed by atoms with Crippen LogP contribution in [0.25, 0.3) is 0 Å². The molecule has 1 heterocycles. The molecule has 11 nitrogen and oxygen atoms in total. The number of hydrogen-bond acceptors (Lipinski definition) is 10. The molecule has 0 radical (unpaired) electrons. The number of rotatable bonds is 12. The van der Waals surface area contributed by atoms with Crippen molar-refractivity contribution in [2.75, 3.05) is 13.2 Å². The minimum absolute atomic E-state index is 0.174. The lowest BCUT2D eigenvalue weighted by atomic mass is 10.1. The van der Waals surface area contributed by atoms with Gasteiger partial charge in [-0.15, -0.1) is 0 Å². The van der Waals surface area contributed by atoms with Gasteiger partial charge >= 0.3 is 17.9 Å². The molecule has 1 aliphatic rings. The summed E-state index contributed by atoms with van der Waals surface area (Å²) in [6, 6.07) is 0. The Morgan fingerprint density at radius 1 is 0.875 bits per heavy atom. The molecule has 0 aromatic carbocycles. The predicted molar refractivity (Wildman–Crippen MR) is 110 cm³/mol. The third-order valence-electron chi connectivity index (χ3n) is 4.26. The van der Waals surface area contributed by atoms with Crippen LogP contribution in [0, 0.1) is 0 Å². The molecule has 0 aliphatic carbocycles. The smallest absolute Gasteiger partial charge is 0.305 e. The summed E-state index contributed by atoms with van der Waals surface area (Å²) in [4.78, 5) is 43.0. The van der Waals surface area contributed by atoms with E-state index < -0.39 is 48.2 Å². The van der Waals surface area contributed by atoms with Crippen molar-refractivity contribution >= 4 is 23.9 Å². The van der Waals surface area contributed by atoms with E-state index in [1.807, 2.05) is 0 Å². The third kappa shape index (κ3) is 12.0. The summed E-state index contributed by atoms with van der Waals surface area (Å²) in [5.74, 6) is -4.93. The second-order valence-electron chi connectivity index (χ2n) is 7.32. The van der Waals surface area contributed by atoms with Gasteiger partial charge < -0.3 is 33.9 Å². The molecule has 1 fully saturated rings. The Bertz CT molecular complexity index is 603. The number of carbonyl (C=O) groups is 4. The molecular weight excluding hydrogens is 428 g/mol. The van der Waals surface area contributed by atoms with E-state index in [0.29, 0.717) is 6.42 Å². The molecule has 32 heavy (non-hydrogen) atoms. The fourth-order valence-electron chi connectivity index (χ4n) is 2.93. The lowest BCUT2D eigenvalue weighted by Gasteiger charge is -2.32. The maximum Gasteiger partial charge on any atom is 0.305 e. The van der Waals surface area contributed by atoms with Gasteiger partial charge in [-0.3, -0.25) is 19.2 Å². The van der Waals surface area contributed by atoms with E-state index in [1.165, 1.54) is 13.3 Å². The average molecular weight is 465 g/mol. The van der Waals surface area contributed by atoms with Crippen LogP contribution in [0.2, 0.25) is 0 Å². The lowest BCUT2D eigenvalue weighted by molar-refractivity contribution is -0.272. The highest BCUT2D eigenvalue weighted by atomic mass is 16.8. The van der Waals surface area contributed by atoms with Gasteiger partial charge in [0.15, 0.2) is 6.10 Å². The first kappa shape index (κ1) is 29.8. The predicted octanol–water partition coefficient (Wildman–Crippen LogP) is 1.93. The number of ether oxygens (including phenoxy) is 5. The van der Waals surface area contributed by atoms with Crippen LogP contribution >= 0.6 is 0 Å². The van der Waals surface area contributed by atoms with Gasteiger partial charge in [-0.1, -0.05) is 39.0 Å². The van der Waals surface area contributed by atoms with E-state index in [9.17, 15) is 19.5 Å². The molecule has 0 amide bonds. The first-order valence-corrected chi connectivity index (χ1v) is 10.6. The van der Waals surface area contributed by atoms with Crippen LogP contribution in [0.3, 0.4) is 0 Å². The summed E-state index contributed by atoms with van der Waals surface area (Å²) in [6.07, 6.45) is 2.11. The van der Waals surface area contributed by atoms with Crippen molar-refractivity contribution in [2.45, 2.75) is 97.4 Å². The van der Waals surface area contributed by atoms with Crippen LogP contribution in [0.4, 0.5) is 0 Å². The summed E-state index contributed by atoms with van der Waals surface area (Å²) < 4.78 is 26.2. The van der Waals surface area contributed by atoms with Gasteiger partial charge in [-0.2, -0.15) is 0 Å². The first-order valence-electron chi connectivity index (χ1n) is 10.6. The molecular formula is C21H36O11. The molecule has 0 saturated carbocycles. The minimum atomic E-state index is -2.12. The van der Waals surface area contributed by atoms with E-state index in [-0.39, 0.29) is 13.2 Å². The normalized spacial score (nSPS) is 24.1. The fourth-order valence-corrected chi connectivity index (χ4v) is 2.93. The van der Waals surface area contributed by atoms with Gasteiger partial charge in [0, 0.05) is 27.7 Å². The lowest BCUT2D eigenvalue weighted by Crippen LogP contribution is -2.54. The number of carboxylic acid groups (broad SMARTS) is 1. The van der Waals surface area contributed by atoms with Crippen molar-refractivity contribution in [3.05, 3.63) is 0 Å². The number of hydrogen-bond donors (Lipinski definition) is 2. The number of carboxylic acids is 1. The molecule has 0 spiro atoms. The number of aliphatic hydroxyl groups is 1. The molecule has 1 rings (SSSR count). The molecule has 1 saturated heterocycles. The number of aliphatic carboxylic acids is 1. The second-order valence-corrected chi connectivity index (χ2v) is 7.32. The SMILES string of the molecule is CC(=O)O.CCCCCCCCO[C@@]1(O)[C@@H](COC(C)=O)OC(OC(C)=O)[C@@H]1OC(C)=O. The highest BCUT2D eigenvalue weighted by Crippen LogP contribution is 2.36. The van der Waals surface area contributed by atoms with Crippen LogP contribution in [0.1, 0.15) is 73.1 Å². The van der Waals surface area contributed by atoms with E-state index in [0.717, 1.165) is 46.5 Å². The van der Waals surface area contributed by atoms with Crippen LogP contribution in [0.15, 0.2) is 0 Å². The van der Waals surface area contributed by atoms with Crippen LogP contribution < -0.4 is 0 Å². The van der Waals surface area contributed by atoms with Crippen molar-refractivity contribution in [3.8, 4) is 0 Å². The maximum atomic E-state index is 11.5. The highest BCUT2D eigenvalue weighted by Gasteiger charge is 2.61. The number of carbonyl (C=O) groups excluding carboxylic acids is 3. The summed E-state index contributed by atoms with van der Waals surface area (Å²) in [7, 11) is 0. The van der Waals surface area contributed by atoms with Crippen molar-refractivity contribution < 1.29 is 53.1 Å². The third-order valence-corrected chi connectivity index (χ3v) is 4.26. The molecule has 11 heteroatoms. The largest absolute Gasteiger partial charge is 0.481 e. The van der Waals surface area contributed by atoms with Gasteiger partial charge in [0.2, 0.25) is 18.2 Å². The molecule has 0 bridgehead atoms. The van der Waals surface area contributed by atoms with Crippen LogP contribution in [-0.4, -0.2) is 71.6 Å². The molecule has 186 valence electrons. The van der Waals surface area contributed by atoms with Gasteiger partial charge in [0.05, 0.1) is 6.61 Å². The topological polar surface area (TPSA) is 155 Å². The molecule has 0 aromatic heterocycles. The van der Waals surface area contributed by atoms with Crippen molar-refractivity contribution in [3.63, 3.8) is 0 Å². The zero-order valence-corrected chi connectivity index (χ0v) is 19.5. The summed E-state index contributed by atoms with van der Waals surface area (Å²) >= 11 is 0. The van der Waals surface area contributed by atoms with Crippen molar-refractivity contribution in [1.82, 2.24) is 0 Å². The van der Waals surface area contributed by atoms with E-state index >= 15 is 0 Å². The Labute approximate surface area is 188 Å². The number of esters is 3. The molecule has 4 atom stereocenters. The van der Waals surface area contributed by atoms with Gasteiger partial charge in [0.1, 0.15) is 6.61 Å². The Kier molecular flexibility index (Phi) is 14.5. The van der Waals surface area contributed by atoms with Crippen molar-refractivity contribution in [1.29, 1.82) is 0 Å². The van der Waals surface area contributed by atoms with Gasteiger partial charge in [0.25, 0.3) is 5.97 Å². The molecule has 0 aromatic rings. The highest BCUT2D eigenvalue weighted by molar-refractivity contribution is 5.67. The van der Waals surface area contributed by atoms with Crippen LogP contribution in [0.5, 0.6) is 0 Å². The Balaban J connectivity index is 0.00000220. The molecule has 1 unspecified atom stereocenters. The van der Waals surface area contributed by atoms with Crippen LogP contribution in [-0.2, 0) is 42.9 Å². The summed E-state index contributed by atoms with van der Waals surface area (Å²) in [5.41, 5.74) is 0. The van der Waals surface area contributed by atoms with E-state index in [2.05, 4.69) is 6.92 Å². The average Bonchev–Trinajstić information content (AvgIpc) is 2.90. The summed E-state index contributed by atoms with van der Waals surface area (Å²) in [5, 5.41) is 18.5. The molecule has 1 aliphatic heterocycles. The second kappa shape index (κ2) is 15.5. The first-order chi connectivity index (χ1) is 14.9. The number of unbranched alkanes of at least 4 members (excludes halogenated alkanes) is 5. The van der Waals surface area contributed by atoms with Crippen molar-refractivity contribution in [2.24, 2.45) is 0 Å². The maximum absolute atomic E-state index is 11.5. The fraction of sp³-hybridized carbons (Fsp3) is 0.810. The Morgan fingerprint density at radius 2 is 1.41 bits per heavy atom. The molecule has 2 N–H and O–H groups in total. The zero-order chi connectivity index (χ0) is 24.7. The van der Waals surface area contributed by atoms with E-state index in [4.69, 9.17) is 33.6 Å². The Hall–Kier alpha value is -2.24. The Morgan fingerprint density at radius 3 is 1.91 bits per heavy atom. The monoisotopic (exact) mass is 464 g/mol. The van der Waals surface area contributed by atoms with E-state index in [1.54, 1.807) is 0 Å². The quantitative estimate of drug-likeness (QED) is 0.188. The van der Waals surface area contributed by atoms with Gasteiger partial charge in [-0.05, 0) is 6.42 Å².